The van der Waals surface area contributed by atoms with Crippen molar-refractivity contribution in [3.8, 4) is 5.75 Å². The minimum absolute atomic E-state index is 0.232. The molecule has 0 aliphatic carbocycles. The van der Waals surface area contributed by atoms with E-state index in [2.05, 4.69) is 4.90 Å². The lowest BCUT2D eigenvalue weighted by Gasteiger charge is -2.19. The molecule has 0 aliphatic heterocycles. The van der Waals surface area contributed by atoms with Gasteiger partial charge in [0.25, 0.3) is 5.91 Å². The van der Waals surface area contributed by atoms with Gasteiger partial charge in [0.1, 0.15) is 0 Å². The minimum Gasteiger partial charge on any atom is -0.493 e. The predicted octanol–water partition coefficient (Wildman–Crippen LogP) is 5.61. The fraction of sp³-hybridized carbons (Fsp3) is 0.304. The molecule has 0 fully saturated rings. The normalized spacial score (nSPS) is 11.5. The number of halogens is 1. The van der Waals surface area contributed by atoms with Crippen molar-refractivity contribution in [2.24, 2.45) is 0 Å². The number of hydrogen-bond donors (Lipinski definition) is 0. The van der Waals surface area contributed by atoms with Crippen LogP contribution in [0, 0.1) is 6.92 Å². The summed E-state index contributed by atoms with van der Waals surface area (Å²) in [5, 5.41) is 2.07. The van der Waals surface area contributed by atoms with Crippen LogP contribution in [0.25, 0.3) is 21.2 Å². The summed E-state index contributed by atoms with van der Waals surface area (Å²) in [5.41, 5.74) is 2.41. The second-order valence-electron chi connectivity index (χ2n) is 7.64. The number of nitrogens with zero attached hydrogens (tertiary/aromatic N) is 3. The zero-order valence-electron chi connectivity index (χ0n) is 17.9. The van der Waals surface area contributed by atoms with E-state index in [1.807, 2.05) is 51.4 Å². The Morgan fingerprint density at radius 3 is 2.74 bits per heavy atom. The standard InChI is InChI=1S/C23H24ClN3O3S/c1-14-9-10-16(24)21-19(14)25-23(31-21)27(12-6-11-26(2)3)22(28)18-13-15-7-5-8-17(29-4)20(15)30-18/h5,7-10,13H,6,11-12H2,1-4H3. The topological polar surface area (TPSA) is 58.8 Å². The average Bonchev–Trinajstić information content (AvgIpc) is 3.38. The third-order valence-corrected chi connectivity index (χ3v) is 6.63. The summed E-state index contributed by atoms with van der Waals surface area (Å²) in [6.07, 6.45) is 0.797. The lowest BCUT2D eigenvalue weighted by Crippen LogP contribution is -2.33. The van der Waals surface area contributed by atoms with E-state index in [-0.39, 0.29) is 11.7 Å². The zero-order chi connectivity index (χ0) is 22.1. The molecule has 0 spiro atoms. The molecule has 0 N–H and O–H groups in total. The first-order chi connectivity index (χ1) is 14.9. The number of thiazole rings is 1. The van der Waals surface area contributed by atoms with Gasteiger partial charge in [-0.3, -0.25) is 9.69 Å². The summed E-state index contributed by atoms with van der Waals surface area (Å²) < 4.78 is 12.2. The minimum atomic E-state index is -0.232. The molecule has 2 aromatic carbocycles. The Kier molecular flexibility index (Phi) is 6.18. The van der Waals surface area contributed by atoms with Crippen molar-refractivity contribution in [2.45, 2.75) is 13.3 Å². The molecule has 6 nitrogen and oxygen atoms in total. The van der Waals surface area contributed by atoms with Crippen molar-refractivity contribution in [2.75, 3.05) is 39.2 Å². The number of aryl methyl sites for hydroxylation is 1. The number of aromatic nitrogens is 1. The number of furan rings is 1. The van der Waals surface area contributed by atoms with Gasteiger partial charge in [-0.1, -0.05) is 41.1 Å². The molecule has 31 heavy (non-hydrogen) atoms. The summed E-state index contributed by atoms with van der Waals surface area (Å²) in [6.45, 7) is 3.36. The number of benzene rings is 2. The van der Waals surface area contributed by atoms with Crippen molar-refractivity contribution >= 4 is 55.2 Å². The maximum atomic E-state index is 13.5. The highest BCUT2D eigenvalue weighted by Gasteiger charge is 2.25. The molecule has 2 aromatic heterocycles. The molecular formula is C23H24ClN3O3S. The Balaban J connectivity index is 1.75. The first-order valence-electron chi connectivity index (χ1n) is 9.98. The van der Waals surface area contributed by atoms with E-state index in [9.17, 15) is 4.79 Å². The lowest BCUT2D eigenvalue weighted by atomic mass is 10.2. The number of carbonyl (C=O) groups excluding carboxylic acids is 1. The summed E-state index contributed by atoms with van der Waals surface area (Å²) >= 11 is 7.83. The van der Waals surface area contributed by atoms with E-state index in [4.69, 9.17) is 25.7 Å². The Bertz CT molecular complexity index is 1210. The van der Waals surface area contributed by atoms with Crippen LogP contribution in [0.4, 0.5) is 5.13 Å². The number of fused-ring (bicyclic) bond motifs is 2. The van der Waals surface area contributed by atoms with Crippen LogP contribution in [-0.2, 0) is 0 Å². The molecule has 0 bridgehead atoms. The molecule has 2 heterocycles. The van der Waals surface area contributed by atoms with Crippen LogP contribution in [0.15, 0.2) is 40.8 Å². The fourth-order valence-corrected chi connectivity index (χ4v) is 4.81. The number of hydrogen-bond acceptors (Lipinski definition) is 6. The van der Waals surface area contributed by atoms with Crippen LogP contribution in [-0.4, -0.2) is 50.1 Å². The van der Waals surface area contributed by atoms with Gasteiger partial charge in [0, 0.05) is 11.9 Å². The summed E-state index contributed by atoms with van der Waals surface area (Å²) in [5.74, 6) is 0.620. The van der Waals surface area contributed by atoms with Gasteiger partial charge < -0.3 is 14.1 Å². The molecule has 1 amide bonds. The van der Waals surface area contributed by atoms with Crippen LogP contribution in [0.3, 0.4) is 0 Å². The number of para-hydroxylation sites is 1. The van der Waals surface area contributed by atoms with E-state index in [0.717, 1.165) is 34.1 Å². The number of anilines is 1. The van der Waals surface area contributed by atoms with Crippen molar-refractivity contribution in [3.05, 3.63) is 52.7 Å². The van der Waals surface area contributed by atoms with E-state index in [1.54, 1.807) is 18.1 Å². The number of ether oxygens (including phenoxy) is 1. The highest BCUT2D eigenvalue weighted by Crippen LogP contribution is 2.37. The second-order valence-corrected chi connectivity index (χ2v) is 9.03. The van der Waals surface area contributed by atoms with E-state index in [0.29, 0.717) is 28.0 Å². The quantitative estimate of drug-likeness (QED) is 0.361. The summed E-state index contributed by atoms with van der Waals surface area (Å²) in [7, 11) is 5.61. The third kappa shape index (κ3) is 4.26. The van der Waals surface area contributed by atoms with Crippen LogP contribution in [0.1, 0.15) is 22.5 Å². The number of rotatable bonds is 7. The van der Waals surface area contributed by atoms with Gasteiger partial charge in [0.15, 0.2) is 22.2 Å². The Morgan fingerprint density at radius 2 is 2.03 bits per heavy atom. The van der Waals surface area contributed by atoms with E-state index < -0.39 is 0 Å². The predicted molar refractivity (Wildman–Crippen MR) is 127 cm³/mol. The molecule has 4 rings (SSSR count). The molecule has 0 saturated heterocycles. The van der Waals surface area contributed by atoms with E-state index in [1.165, 1.54) is 11.3 Å². The number of methoxy groups -OCH3 is 1. The van der Waals surface area contributed by atoms with Gasteiger partial charge in [-0.25, -0.2) is 4.98 Å². The smallest absolute Gasteiger partial charge is 0.295 e. The van der Waals surface area contributed by atoms with Crippen molar-refractivity contribution < 1.29 is 13.9 Å². The largest absolute Gasteiger partial charge is 0.493 e. The number of amides is 1. The van der Waals surface area contributed by atoms with Crippen molar-refractivity contribution in [3.63, 3.8) is 0 Å². The summed E-state index contributed by atoms with van der Waals surface area (Å²) in [6, 6.07) is 11.1. The van der Waals surface area contributed by atoms with Gasteiger partial charge in [-0.2, -0.15) is 0 Å². The monoisotopic (exact) mass is 457 g/mol. The zero-order valence-corrected chi connectivity index (χ0v) is 19.5. The van der Waals surface area contributed by atoms with Gasteiger partial charge in [-0.15, -0.1) is 0 Å². The molecule has 0 atom stereocenters. The van der Waals surface area contributed by atoms with Gasteiger partial charge >= 0.3 is 0 Å². The van der Waals surface area contributed by atoms with Gasteiger partial charge in [0.05, 0.1) is 22.3 Å². The van der Waals surface area contributed by atoms with Crippen LogP contribution in [0.2, 0.25) is 5.02 Å². The second kappa shape index (κ2) is 8.86. The first kappa shape index (κ1) is 21.6. The van der Waals surface area contributed by atoms with Crippen molar-refractivity contribution in [1.29, 1.82) is 0 Å². The molecule has 0 radical (unpaired) electrons. The Hall–Kier alpha value is -2.61. The van der Waals surface area contributed by atoms with Crippen LogP contribution in [0.5, 0.6) is 5.75 Å². The van der Waals surface area contributed by atoms with Gasteiger partial charge in [-0.05, 0) is 57.7 Å². The van der Waals surface area contributed by atoms with Crippen molar-refractivity contribution in [1.82, 2.24) is 9.88 Å². The molecule has 8 heteroatoms. The molecule has 4 aromatic rings. The summed E-state index contributed by atoms with van der Waals surface area (Å²) in [4.78, 5) is 22.1. The molecule has 0 saturated carbocycles. The maximum Gasteiger partial charge on any atom is 0.295 e. The molecule has 0 aliphatic rings. The molecular weight excluding hydrogens is 434 g/mol. The first-order valence-corrected chi connectivity index (χ1v) is 11.2. The molecule has 0 unspecified atom stereocenters. The lowest BCUT2D eigenvalue weighted by molar-refractivity contribution is 0.0961. The Labute approximate surface area is 190 Å². The fourth-order valence-electron chi connectivity index (χ4n) is 3.47. The maximum absolute atomic E-state index is 13.5. The van der Waals surface area contributed by atoms with Gasteiger partial charge in [0.2, 0.25) is 0 Å². The van der Waals surface area contributed by atoms with Crippen LogP contribution >= 0.6 is 22.9 Å². The SMILES string of the molecule is COc1cccc2cc(C(=O)N(CCCN(C)C)c3nc4c(C)ccc(Cl)c4s3)oc12. The number of carbonyl (C=O) groups is 1. The highest BCUT2D eigenvalue weighted by molar-refractivity contribution is 7.23. The van der Waals surface area contributed by atoms with Crippen LogP contribution < -0.4 is 9.64 Å². The highest BCUT2D eigenvalue weighted by atomic mass is 35.5. The molecule has 162 valence electrons. The Morgan fingerprint density at radius 1 is 1.23 bits per heavy atom. The average molecular weight is 458 g/mol. The van der Waals surface area contributed by atoms with E-state index >= 15 is 0 Å². The third-order valence-electron chi connectivity index (χ3n) is 5.09.